The van der Waals surface area contributed by atoms with Crippen molar-refractivity contribution in [2.24, 2.45) is 0 Å². The van der Waals surface area contributed by atoms with E-state index in [1.807, 2.05) is 49.4 Å². The lowest BCUT2D eigenvalue weighted by Gasteiger charge is -2.12. The fraction of sp³-hybridized carbons (Fsp3) is 0.182. The van der Waals surface area contributed by atoms with Crippen LogP contribution in [0.3, 0.4) is 0 Å². The van der Waals surface area contributed by atoms with Gasteiger partial charge >= 0.3 is 0 Å². The number of aryl methyl sites for hydroxylation is 1. The highest BCUT2D eigenvalue weighted by molar-refractivity contribution is 5.80. The van der Waals surface area contributed by atoms with Crippen LogP contribution >= 0.6 is 0 Å². The van der Waals surface area contributed by atoms with Gasteiger partial charge in [0.15, 0.2) is 0 Å². The Morgan fingerprint density at radius 1 is 0.960 bits per heavy atom. The average molecular weight is 327 g/mol. The molecule has 1 aromatic heterocycles. The summed E-state index contributed by atoms with van der Waals surface area (Å²) in [7, 11) is 0. The monoisotopic (exact) mass is 327 g/mol. The van der Waals surface area contributed by atoms with Crippen LogP contribution in [-0.2, 0) is 0 Å². The third-order valence-corrected chi connectivity index (χ3v) is 4.39. The van der Waals surface area contributed by atoms with E-state index in [1.54, 1.807) is 0 Å². The Bertz CT molecular complexity index is 931. The number of nitrogens with zero attached hydrogens (tertiary/aromatic N) is 2. The van der Waals surface area contributed by atoms with Crippen LogP contribution in [0.15, 0.2) is 54.6 Å². The highest BCUT2D eigenvalue weighted by atomic mass is 14.8. The lowest BCUT2D eigenvalue weighted by atomic mass is 9.95. The van der Waals surface area contributed by atoms with Gasteiger partial charge in [-0.1, -0.05) is 67.9 Å². The molecule has 0 fully saturated rings. The fourth-order valence-electron chi connectivity index (χ4n) is 2.83. The zero-order valence-electron chi connectivity index (χ0n) is 14.7. The molecule has 0 aliphatic rings. The summed E-state index contributed by atoms with van der Waals surface area (Å²) in [6.07, 6.45) is 0. The van der Waals surface area contributed by atoms with Gasteiger partial charge in [-0.05, 0) is 30.0 Å². The first-order chi connectivity index (χ1) is 12.0. The molecule has 3 nitrogen and oxygen atoms in total. The lowest BCUT2D eigenvalue weighted by molar-refractivity contribution is 0.867. The normalized spacial score (nSPS) is 10.7. The molecule has 0 saturated carbocycles. The Balaban J connectivity index is 2.14. The quantitative estimate of drug-likeness (QED) is 0.710. The van der Waals surface area contributed by atoms with Crippen molar-refractivity contribution in [1.82, 2.24) is 4.98 Å². The van der Waals surface area contributed by atoms with Crippen LogP contribution in [0.5, 0.6) is 0 Å². The molecular weight excluding hydrogens is 306 g/mol. The molecule has 0 radical (unpaired) electrons. The number of nitrogen functional groups attached to an aromatic ring is 1. The molecule has 0 spiro atoms. The topological polar surface area (TPSA) is 62.7 Å². The van der Waals surface area contributed by atoms with Crippen LogP contribution in [0, 0.1) is 18.3 Å². The largest absolute Gasteiger partial charge is 0.383 e. The van der Waals surface area contributed by atoms with Crippen molar-refractivity contribution in [1.29, 1.82) is 5.26 Å². The predicted octanol–water partition coefficient (Wildman–Crippen LogP) is 5.30. The number of pyridine rings is 1. The molecule has 2 N–H and O–H groups in total. The number of nitrogens with two attached hydrogens (primary N) is 1. The molecule has 0 bridgehead atoms. The number of hydrogen-bond acceptors (Lipinski definition) is 3. The summed E-state index contributed by atoms with van der Waals surface area (Å²) in [5, 5.41) is 9.53. The molecule has 3 rings (SSSR count). The third-order valence-electron chi connectivity index (χ3n) is 4.39. The minimum Gasteiger partial charge on any atom is -0.383 e. The van der Waals surface area contributed by atoms with Crippen molar-refractivity contribution >= 4 is 5.82 Å². The molecule has 3 aromatic rings. The zero-order valence-corrected chi connectivity index (χ0v) is 14.7. The van der Waals surface area contributed by atoms with Gasteiger partial charge in [0.2, 0.25) is 0 Å². The van der Waals surface area contributed by atoms with Crippen LogP contribution in [-0.4, -0.2) is 4.98 Å². The number of nitriles is 1. The van der Waals surface area contributed by atoms with Crippen molar-refractivity contribution in [2.75, 3.05) is 5.73 Å². The Morgan fingerprint density at radius 2 is 1.56 bits per heavy atom. The maximum Gasteiger partial charge on any atom is 0.142 e. The first kappa shape index (κ1) is 16.7. The number of aromatic nitrogens is 1. The van der Waals surface area contributed by atoms with Gasteiger partial charge < -0.3 is 5.73 Å². The van der Waals surface area contributed by atoms with Gasteiger partial charge in [-0.3, -0.25) is 0 Å². The van der Waals surface area contributed by atoms with Gasteiger partial charge in [0.25, 0.3) is 0 Å². The van der Waals surface area contributed by atoms with Gasteiger partial charge in [-0.15, -0.1) is 0 Å². The van der Waals surface area contributed by atoms with E-state index in [0.717, 1.165) is 22.4 Å². The van der Waals surface area contributed by atoms with E-state index < -0.39 is 0 Å². The Kier molecular flexibility index (Phi) is 4.54. The number of hydrogen-bond donors (Lipinski definition) is 1. The molecule has 0 atom stereocenters. The first-order valence-electron chi connectivity index (χ1n) is 8.37. The van der Waals surface area contributed by atoms with Crippen LogP contribution in [0.25, 0.3) is 22.4 Å². The fourth-order valence-corrected chi connectivity index (χ4v) is 2.83. The Hall–Kier alpha value is -3.12. The predicted molar refractivity (Wildman–Crippen MR) is 103 cm³/mol. The van der Waals surface area contributed by atoms with E-state index in [9.17, 15) is 5.26 Å². The van der Waals surface area contributed by atoms with Gasteiger partial charge in [0.05, 0.1) is 5.69 Å². The molecule has 1 heterocycles. The molecule has 3 heteroatoms. The van der Waals surface area contributed by atoms with E-state index in [4.69, 9.17) is 5.73 Å². The summed E-state index contributed by atoms with van der Waals surface area (Å²) < 4.78 is 0. The molecule has 0 unspecified atom stereocenters. The summed E-state index contributed by atoms with van der Waals surface area (Å²) in [4.78, 5) is 4.43. The smallest absolute Gasteiger partial charge is 0.142 e. The van der Waals surface area contributed by atoms with Gasteiger partial charge in [-0.25, -0.2) is 4.98 Å². The lowest BCUT2D eigenvalue weighted by Crippen LogP contribution is -2.00. The first-order valence-corrected chi connectivity index (χ1v) is 8.37. The van der Waals surface area contributed by atoms with Crippen LogP contribution in [0.2, 0.25) is 0 Å². The van der Waals surface area contributed by atoms with Crippen LogP contribution in [0.1, 0.15) is 36.5 Å². The van der Waals surface area contributed by atoms with Gasteiger partial charge in [-0.2, -0.15) is 5.26 Å². The summed E-state index contributed by atoms with van der Waals surface area (Å²) in [5.41, 5.74) is 12.5. The van der Waals surface area contributed by atoms with Crippen molar-refractivity contribution in [3.8, 4) is 28.5 Å². The average Bonchev–Trinajstić information content (AvgIpc) is 2.61. The number of benzene rings is 2. The summed E-state index contributed by atoms with van der Waals surface area (Å²) in [6.45, 7) is 6.37. The van der Waals surface area contributed by atoms with Crippen molar-refractivity contribution in [2.45, 2.75) is 26.7 Å². The Labute approximate surface area is 148 Å². The summed E-state index contributed by atoms with van der Waals surface area (Å²) in [5.74, 6) is 0.735. The van der Waals surface area contributed by atoms with E-state index in [0.29, 0.717) is 11.5 Å². The summed E-state index contributed by atoms with van der Waals surface area (Å²) in [6, 6.07) is 20.6. The highest BCUT2D eigenvalue weighted by Gasteiger charge is 2.13. The molecule has 0 amide bonds. The highest BCUT2D eigenvalue weighted by Crippen LogP contribution is 2.32. The van der Waals surface area contributed by atoms with E-state index in [1.165, 1.54) is 11.1 Å². The van der Waals surface area contributed by atoms with Gasteiger partial charge in [0.1, 0.15) is 17.5 Å². The second kappa shape index (κ2) is 6.78. The maximum absolute atomic E-state index is 9.53. The van der Waals surface area contributed by atoms with Crippen molar-refractivity contribution in [3.05, 3.63) is 71.3 Å². The van der Waals surface area contributed by atoms with Gasteiger partial charge in [0, 0.05) is 11.1 Å². The molecule has 0 aliphatic heterocycles. The second-order valence-electron chi connectivity index (χ2n) is 6.57. The zero-order chi connectivity index (χ0) is 18.0. The number of rotatable bonds is 3. The Morgan fingerprint density at radius 3 is 2.12 bits per heavy atom. The van der Waals surface area contributed by atoms with Crippen molar-refractivity contribution < 1.29 is 0 Å². The van der Waals surface area contributed by atoms with Crippen LogP contribution in [0.4, 0.5) is 5.82 Å². The molecular formula is C22H21N3. The third kappa shape index (κ3) is 3.39. The second-order valence-corrected chi connectivity index (χ2v) is 6.57. The molecule has 25 heavy (non-hydrogen) atoms. The number of anilines is 1. The van der Waals surface area contributed by atoms with E-state index in [-0.39, 0.29) is 5.82 Å². The molecule has 0 saturated heterocycles. The van der Waals surface area contributed by atoms with Crippen LogP contribution < -0.4 is 5.73 Å². The minimum absolute atomic E-state index is 0.267. The minimum atomic E-state index is 0.267. The van der Waals surface area contributed by atoms with E-state index >= 15 is 0 Å². The van der Waals surface area contributed by atoms with E-state index in [2.05, 4.69) is 37.0 Å². The SMILES string of the molecule is Cc1ccc(-c2cc(-c3ccc(C(C)C)cc3)c(C#N)c(N)n2)cc1. The van der Waals surface area contributed by atoms with Crippen molar-refractivity contribution in [3.63, 3.8) is 0 Å². The molecule has 0 aliphatic carbocycles. The molecule has 124 valence electrons. The maximum atomic E-state index is 9.53. The summed E-state index contributed by atoms with van der Waals surface area (Å²) >= 11 is 0. The molecule has 2 aromatic carbocycles. The standard InChI is InChI=1S/C22H21N3/c1-14(2)16-8-10-17(11-9-16)19-12-21(25-22(24)20(19)13-23)18-6-4-15(3)5-7-18/h4-12,14H,1-3H3,(H2,24,25).